The highest BCUT2D eigenvalue weighted by Crippen LogP contribution is 2.36. The van der Waals surface area contributed by atoms with Crippen LogP contribution in [0.25, 0.3) is 0 Å². The average molecular weight is 621 g/mol. The van der Waals surface area contributed by atoms with E-state index in [-0.39, 0.29) is 23.2 Å². The van der Waals surface area contributed by atoms with Crippen LogP contribution in [0.3, 0.4) is 0 Å². The molecule has 0 aromatic heterocycles. The van der Waals surface area contributed by atoms with Crippen molar-refractivity contribution in [2.24, 2.45) is 0 Å². The summed E-state index contributed by atoms with van der Waals surface area (Å²) in [5, 5.41) is 3.43. The van der Waals surface area contributed by atoms with E-state index in [4.69, 9.17) is 32.7 Å². The maximum absolute atomic E-state index is 14.1. The molecule has 41 heavy (non-hydrogen) atoms. The smallest absolute Gasteiger partial charge is 0.264 e. The molecule has 0 saturated carbocycles. The van der Waals surface area contributed by atoms with Crippen molar-refractivity contribution >= 4 is 50.7 Å². The quantitative estimate of drug-likeness (QED) is 0.346. The number of rotatable bonds is 10. The highest BCUT2D eigenvalue weighted by molar-refractivity contribution is 7.92. The molecule has 12 heteroatoms. The van der Waals surface area contributed by atoms with Gasteiger partial charge in [0.2, 0.25) is 11.8 Å². The average Bonchev–Trinajstić information content (AvgIpc) is 2.95. The summed E-state index contributed by atoms with van der Waals surface area (Å²) in [5.74, 6) is -0.216. The summed E-state index contributed by atoms with van der Waals surface area (Å²) in [6.07, 6.45) is 0. The number of carbonyl (C=O) groups excluding carboxylic acids is 2. The van der Waals surface area contributed by atoms with Gasteiger partial charge in [0, 0.05) is 34.3 Å². The first-order valence-corrected chi connectivity index (χ1v) is 15.2. The number of benzene rings is 3. The molecule has 0 saturated heterocycles. The van der Waals surface area contributed by atoms with Gasteiger partial charge in [0.15, 0.2) is 11.5 Å². The van der Waals surface area contributed by atoms with Crippen molar-refractivity contribution in [1.29, 1.82) is 0 Å². The normalized spacial score (nSPS) is 13.4. The van der Waals surface area contributed by atoms with Gasteiger partial charge in [0.1, 0.15) is 25.8 Å². The van der Waals surface area contributed by atoms with Crippen LogP contribution in [0.4, 0.5) is 5.69 Å². The first kappa shape index (κ1) is 30.5. The summed E-state index contributed by atoms with van der Waals surface area (Å²) in [4.78, 5) is 28.4. The van der Waals surface area contributed by atoms with Gasteiger partial charge in [0.25, 0.3) is 10.0 Å². The van der Waals surface area contributed by atoms with E-state index in [1.165, 1.54) is 23.1 Å². The number of sulfonamides is 1. The maximum Gasteiger partial charge on any atom is 0.264 e. The van der Waals surface area contributed by atoms with E-state index in [1.54, 1.807) is 69.3 Å². The minimum atomic E-state index is -4.23. The molecule has 0 unspecified atom stereocenters. The van der Waals surface area contributed by atoms with Crippen molar-refractivity contribution in [1.82, 2.24) is 10.2 Å². The van der Waals surface area contributed by atoms with E-state index in [0.717, 1.165) is 4.31 Å². The Kier molecular flexibility index (Phi) is 9.68. The van der Waals surface area contributed by atoms with Crippen LogP contribution in [0.2, 0.25) is 10.0 Å². The SMILES string of the molecule is CC(C)NC(=O)[C@@H](C)N(Cc1c(Cl)cccc1Cl)C(=O)CN(c1ccc2c(c1)OCCO2)S(=O)(=O)c1ccccc1. The molecule has 218 valence electrons. The number of ether oxygens (including phenoxy) is 2. The van der Waals surface area contributed by atoms with Crippen LogP contribution >= 0.6 is 23.2 Å². The van der Waals surface area contributed by atoms with Gasteiger partial charge in [-0.1, -0.05) is 47.5 Å². The van der Waals surface area contributed by atoms with E-state index in [1.807, 2.05) is 0 Å². The predicted molar refractivity (Wildman–Crippen MR) is 158 cm³/mol. The molecule has 1 N–H and O–H groups in total. The number of anilines is 1. The Balaban J connectivity index is 1.76. The molecule has 0 spiro atoms. The van der Waals surface area contributed by atoms with Crippen LogP contribution in [0, 0.1) is 0 Å². The third-order valence-electron chi connectivity index (χ3n) is 6.41. The Bertz CT molecular complexity index is 1500. The summed E-state index contributed by atoms with van der Waals surface area (Å²) >= 11 is 12.8. The molecule has 3 aromatic carbocycles. The Morgan fingerprint density at radius 1 is 0.902 bits per heavy atom. The van der Waals surface area contributed by atoms with Gasteiger partial charge in [0.05, 0.1) is 10.6 Å². The topological polar surface area (TPSA) is 105 Å². The fraction of sp³-hybridized carbons (Fsp3) is 0.310. The van der Waals surface area contributed by atoms with E-state index in [2.05, 4.69) is 5.32 Å². The number of nitrogens with zero attached hydrogens (tertiary/aromatic N) is 2. The number of hydrogen-bond donors (Lipinski definition) is 1. The number of hydrogen-bond acceptors (Lipinski definition) is 6. The number of fused-ring (bicyclic) bond motifs is 1. The van der Waals surface area contributed by atoms with Crippen molar-refractivity contribution in [3.05, 3.63) is 82.3 Å². The third-order valence-corrected chi connectivity index (χ3v) is 8.91. The summed E-state index contributed by atoms with van der Waals surface area (Å²) < 4.78 is 40.1. The van der Waals surface area contributed by atoms with Crippen LogP contribution in [0.15, 0.2) is 71.6 Å². The second-order valence-corrected chi connectivity index (χ2v) is 12.4. The van der Waals surface area contributed by atoms with Crippen LogP contribution in [0.5, 0.6) is 11.5 Å². The minimum absolute atomic E-state index is 0.00557. The Morgan fingerprint density at radius 3 is 2.17 bits per heavy atom. The van der Waals surface area contributed by atoms with E-state index >= 15 is 0 Å². The molecular weight excluding hydrogens is 589 g/mol. The number of carbonyl (C=O) groups is 2. The Morgan fingerprint density at radius 2 is 1.54 bits per heavy atom. The zero-order valence-corrected chi connectivity index (χ0v) is 25.2. The fourth-order valence-corrected chi connectivity index (χ4v) is 6.22. The first-order valence-electron chi connectivity index (χ1n) is 13.0. The summed E-state index contributed by atoms with van der Waals surface area (Å²) in [6.45, 7) is 5.11. The summed E-state index contributed by atoms with van der Waals surface area (Å²) in [6, 6.07) is 16.2. The summed E-state index contributed by atoms with van der Waals surface area (Å²) in [7, 11) is -4.23. The van der Waals surface area contributed by atoms with E-state index < -0.39 is 34.4 Å². The number of nitrogens with one attached hydrogen (secondary N) is 1. The van der Waals surface area contributed by atoms with Gasteiger partial charge in [-0.15, -0.1) is 0 Å². The van der Waals surface area contributed by atoms with Crippen LogP contribution in [0.1, 0.15) is 26.3 Å². The van der Waals surface area contributed by atoms with Gasteiger partial charge < -0.3 is 19.7 Å². The monoisotopic (exact) mass is 619 g/mol. The maximum atomic E-state index is 14.1. The second-order valence-electron chi connectivity index (χ2n) is 9.71. The second kappa shape index (κ2) is 13.0. The molecule has 0 bridgehead atoms. The summed E-state index contributed by atoms with van der Waals surface area (Å²) in [5.41, 5.74) is 0.631. The van der Waals surface area contributed by atoms with Gasteiger partial charge >= 0.3 is 0 Å². The Hall–Kier alpha value is -3.47. The van der Waals surface area contributed by atoms with Crippen LogP contribution in [-0.4, -0.2) is 57.0 Å². The van der Waals surface area contributed by atoms with Gasteiger partial charge in [-0.05, 0) is 57.2 Å². The Labute approximate surface area is 250 Å². The lowest BCUT2D eigenvalue weighted by Crippen LogP contribution is -2.52. The molecule has 1 aliphatic heterocycles. The highest BCUT2D eigenvalue weighted by Gasteiger charge is 2.33. The zero-order chi connectivity index (χ0) is 29.7. The molecule has 0 fully saturated rings. The standard InChI is InChI=1S/C29H31Cl2N3O6S/c1-19(2)32-29(36)20(3)33(17-23-24(30)10-7-11-25(23)31)28(35)18-34(41(37,38)22-8-5-4-6-9-22)21-12-13-26-27(16-21)40-15-14-39-26/h4-13,16,19-20H,14-15,17-18H2,1-3H3,(H,32,36)/t20-/m1/s1. The lowest BCUT2D eigenvalue weighted by Gasteiger charge is -2.33. The van der Waals surface area contributed by atoms with Crippen molar-refractivity contribution < 1.29 is 27.5 Å². The van der Waals surface area contributed by atoms with E-state index in [9.17, 15) is 18.0 Å². The lowest BCUT2D eigenvalue weighted by molar-refractivity contribution is -0.139. The molecule has 0 radical (unpaired) electrons. The lowest BCUT2D eigenvalue weighted by atomic mass is 10.1. The molecule has 9 nitrogen and oxygen atoms in total. The molecule has 4 rings (SSSR count). The van der Waals surface area contributed by atoms with Crippen molar-refractivity contribution in [2.75, 3.05) is 24.1 Å². The first-order chi connectivity index (χ1) is 19.5. The molecule has 1 atom stereocenters. The minimum Gasteiger partial charge on any atom is -0.486 e. The van der Waals surface area contributed by atoms with Crippen molar-refractivity contribution in [3.8, 4) is 11.5 Å². The van der Waals surface area contributed by atoms with Crippen molar-refractivity contribution in [2.45, 2.75) is 44.3 Å². The van der Waals surface area contributed by atoms with E-state index in [0.29, 0.717) is 40.3 Å². The molecular formula is C29H31Cl2N3O6S. The van der Waals surface area contributed by atoms with Gasteiger partial charge in [-0.25, -0.2) is 8.42 Å². The van der Waals surface area contributed by atoms with Crippen molar-refractivity contribution in [3.63, 3.8) is 0 Å². The van der Waals surface area contributed by atoms with Gasteiger partial charge in [-0.3, -0.25) is 13.9 Å². The van der Waals surface area contributed by atoms with Crippen LogP contribution < -0.4 is 19.1 Å². The zero-order valence-electron chi connectivity index (χ0n) is 22.8. The van der Waals surface area contributed by atoms with Gasteiger partial charge in [-0.2, -0.15) is 0 Å². The predicted octanol–water partition coefficient (Wildman–Crippen LogP) is 4.90. The van der Waals surface area contributed by atoms with Crippen LogP contribution in [-0.2, 0) is 26.2 Å². The molecule has 1 heterocycles. The number of amides is 2. The molecule has 0 aliphatic carbocycles. The molecule has 3 aromatic rings. The highest BCUT2D eigenvalue weighted by atomic mass is 35.5. The fourth-order valence-electron chi connectivity index (χ4n) is 4.28. The number of halogens is 2. The molecule has 1 aliphatic rings. The molecule has 2 amide bonds. The largest absolute Gasteiger partial charge is 0.486 e. The third kappa shape index (κ3) is 7.06.